The smallest absolute Gasteiger partial charge is 0.119 e. The van der Waals surface area contributed by atoms with E-state index in [1.165, 1.54) is 62.7 Å². The summed E-state index contributed by atoms with van der Waals surface area (Å²) in [5.41, 5.74) is 3.07. The van der Waals surface area contributed by atoms with Crippen LogP contribution in [0.15, 0.2) is 66.7 Å². The molecule has 0 saturated carbocycles. The minimum Gasteiger partial charge on any atom is -0.494 e. The molecule has 0 aromatic heterocycles. The summed E-state index contributed by atoms with van der Waals surface area (Å²) < 4.78 is 6.18. The van der Waals surface area contributed by atoms with Crippen molar-refractivity contribution in [1.29, 1.82) is 0 Å². The van der Waals surface area contributed by atoms with Crippen molar-refractivity contribution in [1.82, 2.24) is 10.6 Å². The molecule has 2 aliphatic rings. The van der Waals surface area contributed by atoms with Crippen LogP contribution < -0.4 is 15.4 Å². The number of ether oxygens (including phenoxy) is 1. The van der Waals surface area contributed by atoms with Gasteiger partial charge in [0.05, 0.1) is 6.61 Å². The lowest BCUT2D eigenvalue weighted by Crippen LogP contribution is -2.26. The third kappa shape index (κ3) is 8.01. The van der Waals surface area contributed by atoms with Crippen molar-refractivity contribution in [2.75, 3.05) is 32.8 Å². The van der Waals surface area contributed by atoms with Crippen LogP contribution in [0.4, 0.5) is 0 Å². The fourth-order valence-electron chi connectivity index (χ4n) is 5.37. The lowest BCUT2D eigenvalue weighted by atomic mass is 9.72. The molecule has 2 aromatic carbocycles. The molecule has 178 valence electrons. The van der Waals surface area contributed by atoms with Gasteiger partial charge in [0.25, 0.3) is 0 Å². The van der Waals surface area contributed by atoms with Gasteiger partial charge in [-0.15, -0.1) is 0 Å². The molecule has 2 aromatic rings. The first-order valence-corrected chi connectivity index (χ1v) is 13.2. The lowest BCUT2D eigenvalue weighted by molar-refractivity contribution is 0.216. The maximum Gasteiger partial charge on any atom is 0.119 e. The molecular formula is C30H42N2O. The standard InChI is InChI=1S/C30H42N2O/c1-3-8-27(9-4-1)24-30(17-5-2-6-18-30)19-23-33-29-13-11-26(12-14-29)10-7-20-31-21-15-28-16-22-32-25-28/h1,3-5,8-9,11-14,17,28,31-32H,2,6-7,10,15-16,18-25H2. The maximum absolute atomic E-state index is 6.18. The number of nitrogens with one attached hydrogen (secondary N) is 2. The quantitative estimate of drug-likeness (QED) is 0.295. The number of allylic oxidation sites excluding steroid dienone is 2. The van der Waals surface area contributed by atoms with Crippen LogP contribution in [0.2, 0.25) is 0 Å². The van der Waals surface area contributed by atoms with Crippen molar-refractivity contribution < 1.29 is 4.74 Å². The van der Waals surface area contributed by atoms with Gasteiger partial charge in [0.1, 0.15) is 5.75 Å². The second-order valence-electron chi connectivity index (χ2n) is 10.1. The van der Waals surface area contributed by atoms with Gasteiger partial charge < -0.3 is 15.4 Å². The number of benzene rings is 2. The highest BCUT2D eigenvalue weighted by molar-refractivity contribution is 5.27. The van der Waals surface area contributed by atoms with Crippen LogP contribution in [0.5, 0.6) is 5.75 Å². The molecule has 0 spiro atoms. The first-order chi connectivity index (χ1) is 16.3. The molecule has 2 N–H and O–H groups in total. The van der Waals surface area contributed by atoms with Gasteiger partial charge in [-0.05, 0) is 119 Å². The minimum atomic E-state index is 0.237. The third-order valence-corrected chi connectivity index (χ3v) is 7.42. The Morgan fingerprint density at radius 2 is 1.88 bits per heavy atom. The third-order valence-electron chi connectivity index (χ3n) is 7.42. The summed E-state index contributed by atoms with van der Waals surface area (Å²) in [5, 5.41) is 7.07. The van der Waals surface area contributed by atoms with E-state index in [-0.39, 0.29) is 5.41 Å². The molecule has 4 rings (SSSR count). The van der Waals surface area contributed by atoms with Crippen LogP contribution in [0, 0.1) is 11.3 Å². The van der Waals surface area contributed by atoms with Gasteiger partial charge in [-0.2, -0.15) is 0 Å². The van der Waals surface area contributed by atoms with Crippen molar-refractivity contribution in [3.8, 4) is 5.75 Å². The van der Waals surface area contributed by atoms with Crippen molar-refractivity contribution >= 4 is 0 Å². The number of hydrogen-bond donors (Lipinski definition) is 2. The zero-order valence-electron chi connectivity index (χ0n) is 20.2. The summed E-state index contributed by atoms with van der Waals surface area (Å²) in [4.78, 5) is 0. The van der Waals surface area contributed by atoms with E-state index in [0.29, 0.717) is 0 Å². The predicted octanol–water partition coefficient (Wildman–Crippen LogP) is 5.95. The molecule has 0 radical (unpaired) electrons. The van der Waals surface area contributed by atoms with Crippen molar-refractivity contribution in [3.63, 3.8) is 0 Å². The van der Waals surface area contributed by atoms with Crippen LogP contribution in [-0.4, -0.2) is 32.8 Å². The Kier molecular flexibility index (Phi) is 9.44. The largest absolute Gasteiger partial charge is 0.494 e. The Bertz CT molecular complexity index is 826. The first kappa shape index (κ1) is 24.0. The Hall–Kier alpha value is -2.10. The zero-order valence-corrected chi connectivity index (χ0v) is 20.2. The first-order valence-electron chi connectivity index (χ1n) is 13.2. The van der Waals surface area contributed by atoms with Crippen molar-refractivity contribution in [2.45, 2.75) is 57.8 Å². The highest BCUT2D eigenvalue weighted by Crippen LogP contribution is 2.38. The van der Waals surface area contributed by atoms with Gasteiger partial charge in [-0.1, -0.05) is 54.6 Å². The number of hydrogen-bond acceptors (Lipinski definition) is 3. The van der Waals surface area contributed by atoms with Crippen LogP contribution in [-0.2, 0) is 12.8 Å². The molecule has 33 heavy (non-hydrogen) atoms. The topological polar surface area (TPSA) is 33.3 Å². The fourth-order valence-corrected chi connectivity index (χ4v) is 5.37. The van der Waals surface area contributed by atoms with Gasteiger partial charge in [0.15, 0.2) is 0 Å². The SMILES string of the molecule is C1=CC(CCOc2ccc(CCCNCCC3CCNC3)cc2)(Cc2ccccc2)CCC1. The second-order valence-corrected chi connectivity index (χ2v) is 10.1. The van der Waals surface area contributed by atoms with E-state index >= 15 is 0 Å². The molecule has 0 bridgehead atoms. The summed E-state index contributed by atoms with van der Waals surface area (Å²) in [5.74, 6) is 1.88. The lowest BCUT2D eigenvalue weighted by Gasteiger charge is -2.33. The molecule has 2 unspecified atom stereocenters. The molecule has 1 fully saturated rings. The molecule has 3 heteroatoms. The van der Waals surface area contributed by atoms with Gasteiger partial charge in [0.2, 0.25) is 0 Å². The fraction of sp³-hybridized carbons (Fsp3) is 0.533. The van der Waals surface area contributed by atoms with Gasteiger partial charge in [-0.3, -0.25) is 0 Å². The van der Waals surface area contributed by atoms with Gasteiger partial charge in [0, 0.05) is 0 Å². The van der Waals surface area contributed by atoms with E-state index in [1.807, 2.05) is 0 Å². The molecule has 0 amide bonds. The summed E-state index contributed by atoms with van der Waals surface area (Å²) in [6, 6.07) is 19.7. The minimum absolute atomic E-state index is 0.237. The Morgan fingerprint density at radius 1 is 1.00 bits per heavy atom. The highest BCUT2D eigenvalue weighted by atomic mass is 16.5. The Morgan fingerprint density at radius 3 is 2.64 bits per heavy atom. The summed E-state index contributed by atoms with van der Waals surface area (Å²) in [7, 11) is 0. The normalized spacial score (nSPS) is 22.5. The molecule has 1 heterocycles. The average Bonchev–Trinajstić information content (AvgIpc) is 3.37. The van der Waals surface area contributed by atoms with E-state index in [4.69, 9.17) is 4.74 Å². The van der Waals surface area contributed by atoms with E-state index in [9.17, 15) is 0 Å². The van der Waals surface area contributed by atoms with Crippen LogP contribution in [0.25, 0.3) is 0 Å². The van der Waals surface area contributed by atoms with Crippen molar-refractivity contribution in [2.24, 2.45) is 11.3 Å². The molecule has 1 saturated heterocycles. The Balaban J connectivity index is 1.15. The number of aryl methyl sites for hydroxylation is 1. The van der Waals surface area contributed by atoms with E-state index in [1.54, 1.807) is 0 Å². The van der Waals surface area contributed by atoms with E-state index < -0.39 is 0 Å². The summed E-state index contributed by atoms with van der Waals surface area (Å²) >= 11 is 0. The van der Waals surface area contributed by atoms with Crippen molar-refractivity contribution in [3.05, 3.63) is 77.9 Å². The van der Waals surface area contributed by atoms with Gasteiger partial charge in [-0.25, -0.2) is 0 Å². The predicted molar refractivity (Wildman–Crippen MR) is 139 cm³/mol. The summed E-state index contributed by atoms with van der Waals surface area (Å²) in [6.07, 6.45) is 15.8. The second kappa shape index (κ2) is 13.0. The molecular weight excluding hydrogens is 404 g/mol. The average molecular weight is 447 g/mol. The molecule has 2 atom stereocenters. The summed E-state index contributed by atoms with van der Waals surface area (Å²) in [6.45, 7) is 5.45. The van der Waals surface area contributed by atoms with E-state index in [0.717, 1.165) is 50.6 Å². The number of rotatable bonds is 13. The molecule has 3 nitrogen and oxygen atoms in total. The Labute approximate surface area is 201 Å². The van der Waals surface area contributed by atoms with Crippen LogP contribution >= 0.6 is 0 Å². The van der Waals surface area contributed by atoms with Gasteiger partial charge >= 0.3 is 0 Å². The monoisotopic (exact) mass is 446 g/mol. The van der Waals surface area contributed by atoms with Crippen LogP contribution in [0.1, 0.15) is 56.1 Å². The van der Waals surface area contributed by atoms with E-state index in [2.05, 4.69) is 77.4 Å². The maximum atomic E-state index is 6.18. The highest BCUT2D eigenvalue weighted by Gasteiger charge is 2.28. The molecule has 1 aliphatic carbocycles. The van der Waals surface area contributed by atoms with Crippen LogP contribution in [0.3, 0.4) is 0 Å². The molecule has 1 aliphatic heterocycles. The zero-order chi connectivity index (χ0) is 22.6.